The Morgan fingerprint density at radius 1 is 1.21 bits per heavy atom. The molecule has 0 radical (unpaired) electrons. The molecule has 0 bridgehead atoms. The fraction of sp³-hybridized carbons (Fsp3) is 0. The SMILES string of the molecule is [O-][Cl+](O)(O)O.c1cc[n+]2ccsc2c1. The van der Waals surface area contributed by atoms with Crippen molar-refractivity contribution in [3.05, 3.63) is 36.0 Å². The van der Waals surface area contributed by atoms with Crippen LogP contribution >= 0.6 is 11.3 Å². The summed E-state index contributed by atoms with van der Waals surface area (Å²) >= 11 is 1.75. The molecule has 14 heavy (non-hydrogen) atoms. The molecule has 0 aliphatic carbocycles. The van der Waals surface area contributed by atoms with Crippen LogP contribution in [0.3, 0.4) is 0 Å². The number of hydrogen-bond acceptors (Lipinski definition) is 5. The minimum atomic E-state index is -4.19. The Balaban J connectivity index is 0.000000171. The van der Waals surface area contributed by atoms with Crippen LogP contribution in [0.15, 0.2) is 36.0 Å². The summed E-state index contributed by atoms with van der Waals surface area (Å²) in [5.41, 5.74) is 0. The standard InChI is InChI=1S/C7H6NS.ClH3O4/c1-2-4-8-5-6-9-7(8)3-1;2-1(3,4)5/h1-6H;2-4H/q+1;. The zero-order valence-electron chi connectivity index (χ0n) is 6.95. The zero-order chi connectivity index (χ0) is 10.6. The van der Waals surface area contributed by atoms with Gasteiger partial charge in [-0.15, -0.1) is 0 Å². The van der Waals surface area contributed by atoms with Gasteiger partial charge >= 0.3 is 28.9 Å². The first kappa shape index (κ1) is 11.3. The molecule has 2 aromatic rings. The van der Waals surface area contributed by atoms with Gasteiger partial charge in [0.1, 0.15) is 0 Å². The van der Waals surface area contributed by atoms with E-state index in [4.69, 9.17) is 18.6 Å². The van der Waals surface area contributed by atoms with Gasteiger partial charge in [-0.25, -0.2) is 0 Å². The Bertz CT molecular complexity index is 363. The Labute approximate surface area is 85.8 Å². The summed E-state index contributed by atoms with van der Waals surface area (Å²) in [6.45, 7) is 0. The molecule has 0 fully saturated rings. The molecule has 0 amide bonds. The number of fused-ring (bicyclic) bond motifs is 1. The molecular formula is C7H9ClNO4S+. The summed E-state index contributed by atoms with van der Waals surface area (Å²) in [5.74, 6) is 0. The minimum Gasteiger partial charge on any atom is -0.157 e. The average molecular weight is 239 g/mol. The van der Waals surface area contributed by atoms with E-state index in [-0.39, 0.29) is 0 Å². The summed E-state index contributed by atoms with van der Waals surface area (Å²) < 4.78 is 32.3. The van der Waals surface area contributed by atoms with Crippen molar-refractivity contribution >= 4 is 16.2 Å². The van der Waals surface area contributed by atoms with Crippen molar-refractivity contribution in [3.63, 3.8) is 0 Å². The number of hydrogen-bond donors (Lipinski definition) is 3. The fourth-order valence-electron chi connectivity index (χ4n) is 0.829. The number of rotatable bonds is 0. The van der Waals surface area contributed by atoms with Crippen LogP contribution in [0.2, 0.25) is 0 Å². The van der Waals surface area contributed by atoms with E-state index in [1.807, 2.05) is 18.3 Å². The van der Waals surface area contributed by atoms with E-state index in [1.165, 1.54) is 4.83 Å². The largest absolute Gasteiger partial charge is 0.266 e. The van der Waals surface area contributed by atoms with Crippen LogP contribution < -0.4 is 9.06 Å². The Morgan fingerprint density at radius 2 is 1.86 bits per heavy atom. The summed E-state index contributed by atoms with van der Waals surface area (Å²) in [5, 5.41) is 2.08. The van der Waals surface area contributed by atoms with Crippen LogP contribution in [0.25, 0.3) is 4.83 Å². The van der Waals surface area contributed by atoms with Crippen LogP contribution in [-0.2, 0) is 0 Å². The molecule has 0 aromatic carbocycles. The quantitative estimate of drug-likeness (QED) is 0.494. The average Bonchev–Trinajstić information content (AvgIpc) is 2.47. The van der Waals surface area contributed by atoms with Crippen molar-refractivity contribution in [1.29, 1.82) is 0 Å². The first-order valence-corrected chi connectivity index (χ1v) is 5.67. The van der Waals surface area contributed by atoms with Gasteiger partial charge in [0.05, 0.1) is 5.38 Å². The molecule has 0 spiro atoms. The van der Waals surface area contributed by atoms with Gasteiger partial charge < -0.3 is 0 Å². The van der Waals surface area contributed by atoms with E-state index < -0.39 is 10.2 Å². The summed E-state index contributed by atoms with van der Waals surface area (Å²) in [7, 11) is -4.19. The molecule has 78 valence electrons. The van der Waals surface area contributed by atoms with Crippen molar-refractivity contribution in [3.8, 4) is 0 Å². The maximum absolute atomic E-state index is 8.83. The number of aromatic nitrogens is 1. The maximum atomic E-state index is 8.83. The number of halogens is 1. The van der Waals surface area contributed by atoms with Crippen molar-refractivity contribution in [2.45, 2.75) is 0 Å². The second kappa shape index (κ2) is 4.65. The second-order valence-corrected chi connectivity index (χ2v) is 4.08. The van der Waals surface area contributed by atoms with Gasteiger partial charge in [0.25, 0.3) is 4.83 Å². The van der Waals surface area contributed by atoms with Crippen molar-refractivity contribution < 1.29 is 33.3 Å². The van der Waals surface area contributed by atoms with Gasteiger partial charge in [-0.1, -0.05) is 11.3 Å². The summed E-state index contributed by atoms with van der Waals surface area (Å²) in [6, 6.07) is 6.18. The summed E-state index contributed by atoms with van der Waals surface area (Å²) in [6.07, 6.45) is 4.10. The molecule has 2 rings (SSSR count). The maximum Gasteiger partial charge on any atom is 0.266 e. The van der Waals surface area contributed by atoms with Crippen molar-refractivity contribution in [2.75, 3.05) is 0 Å². The molecule has 0 unspecified atom stereocenters. The third kappa shape index (κ3) is 4.47. The van der Waals surface area contributed by atoms with Crippen LogP contribution in [-0.4, -0.2) is 14.0 Å². The van der Waals surface area contributed by atoms with E-state index >= 15 is 0 Å². The van der Waals surface area contributed by atoms with Crippen LogP contribution in [0.1, 0.15) is 0 Å². The van der Waals surface area contributed by atoms with Crippen LogP contribution in [0.4, 0.5) is 0 Å². The van der Waals surface area contributed by atoms with E-state index in [2.05, 4.69) is 22.0 Å². The molecule has 0 atom stereocenters. The molecule has 2 aromatic heterocycles. The number of thiazole rings is 1. The van der Waals surface area contributed by atoms with Crippen molar-refractivity contribution in [1.82, 2.24) is 0 Å². The van der Waals surface area contributed by atoms with Crippen LogP contribution in [0.5, 0.6) is 0 Å². The van der Waals surface area contributed by atoms with Gasteiger partial charge in [-0.05, 0) is 6.07 Å². The molecule has 7 heteroatoms. The predicted octanol–water partition coefficient (Wildman–Crippen LogP) is -1.37. The normalized spacial score (nSPS) is 12.0. The first-order chi connectivity index (χ1) is 6.47. The molecule has 2 heterocycles. The van der Waals surface area contributed by atoms with Gasteiger partial charge in [0, 0.05) is 12.1 Å². The Morgan fingerprint density at radius 3 is 2.43 bits per heavy atom. The first-order valence-electron chi connectivity index (χ1n) is 3.46. The molecule has 0 aliphatic rings. The molecule has 3 N–H and O–H groups in total. The third-order valence-corrected chi connectivity index (χ3v) is 2.11. The van der Waals surface area contributed by atoms with Gasteiger partial charge in [-0.3, -0.25) is 0 Å². The van der Waals surface area contributed by atoms with Gasteiger partial charge in [0.2, 0.25) is 0 Å². The van der Waals surface area contributed by atoms with E-state index in [9.17, 15) is 0 Å². The van der Waals surface area contributed by atoms with Gasteiger partial charge in [-0.2, -0.15) is 4.40 Å². The molecule has 0 saturated carbocycles. The second-order valence-electron chi connectivity index (χ2n) is 2.28. The third-order valence-electron chi connectivity index (χ3n) is 1.26. The van der Waals surface area contributed by atoms with E-state index in [0.29, 0.717) is 0 Å². The summed E-state index contributed by atoms with van der Waals surface area (Å²) in [4.78, 5) is 1.29. The molecule has 5 nitrogen and oxygen atoms in total. The number of nitrogens with zero attached hydrogens (tertiary/aromatic N) is 1. The molecule has 0 aliphatic heterocycles. The topological polar surface area (TPSA) is 87.8 Å². The van der Waals surface area contributed by atoms with Gasteiger partial charge in [0.15, 0.2) is 12.4 Å². The Hall–Kier alpha value is -0.760. The number of pyridine rings is 1. The monoisotopic (exact) mass is 238 g/mol. The minimum absolute atomic E-state index is 1.29. The smallest absolute Gasteiger partial charge is 0.157 e. The zero-order valence-corrected chi connectivity index (χ0v) is 8.52. The molecule has 0 saturated heterocycles. The van der Waals surface area contributed by atoms with Crippen LogP contribution in [0, 0.1) is 10.2 Å². The van der Waals surface area contributed by atoms with Crippen molar-refractivity contribution in [2.24, 2.45) is 0 Å². The Kier molecular flexibility index (Phi) is 3.76. The van der Waals surface area contributed by atoms with E-state index in [0.717, 1.165) is 0 Å². The fourth-order valence-corrected chi connectivity index (χ4v) is 1.56. The predicted molar refractivity (Wildman–Crippen MR) is 44.1 cm³/mol. The van der Waals surface area contributed by atoms with E-state index in [1.54, 1.807) is 11.3 Å². The molecular weight excluding hydrogens is 230 g/mol.